The van der Waals surface area contributed by atoms with Gasteiger partial charge >= 0.3 is 0 Å². The highest BCUT2D eigenvalue weighted by atomic mass is 32.1. The average Bonchev–Trinajstić information content (AvgIpc) is 3.60. The lowest BCUT2D eigenvalue weighted by atomic mass is 10.1. The van der Waals surface area contributed by atoms with Crippen molar-refractivity contribution in [2.45, 2.75) is 20.4 Å². The van der Waals surface area contributed by atoms with Crippen molar-refractivity contribution in [3.05, 3.63) is 65.3 Å². The summed E-state index contributed by atoms with van der Waals surface area (Å²) in [7, 11) is 1.66. The first kappa shape index (κ1) is 23.9. The number of nitriles is 1. The van der Waals surface area contributed by atoms with Crippen molar-refractivity contribution in [2.75, 3.05) is 18.9 Å². The molecule has 178 valence electrons. The normalized spacial score (nSPS) is 11.6. The van der Waals surface area contributed by atoms with E-state index < -0.39 is 0 Å². The zero-order chi connectivity index (χ0) is 24.9. The Bertz CT molecular complexity index is 1420. The van der Waals surface area contributed by atoms with Gasteiger partial charge in [0.2, 0.25) is 5.95 Å². The lowest BCUT2D eigenvalue weighted by Crippen LogP contribution is -2.31. The highest BCUT2D eigenvalue weighted by Gasteiger charge is 2.19. The number of carbonyl (C=O) groups is 2. The van der Waals surface area contributed by atoms with Crippen LogP contribution in [0.25, 0.3) is 21.5 Å². The predicted octanol–water partition coefficient (Wildman–Crippen LogP) is 4.30. The van der Waals surface area contributed by atoms with Crippen LogP contribution in [-0.2, 0) is 11.3 Å². The van der Waals surface area contributed by atoms with Gasteiger partial charge in [-0.2, -0.15) is 10.4 Å². The maximum atomic E-state index is 13.0. The minimum atomic E-state index is -0.332. The predicted molar refractivity (Wildman–Crippen MR) is 136 cm³/mol. The Kier molecular flexibility index (Phi) is 7.08. The molecule has 1 aromatic carbocycles. The summed E-state index contributed by atoms with van der Waals surface area (Å²) in [6.45, 7) is 4.57. The molecule has 0 saturated carbocycles. The molecule has 10 heteroatoms. The van der Waals surface area contributed by atoms with Crippen LogP contribution in [0, 0.1) is 17.2 Å². The SMILES string of the molecule is CC(C)C=C(C#N)C(=O)N(C)CCn1c(NC(=O)c2ccc(-c3cn[nH]c3)s2)nc2ccccc21. The van der Waals surface area contributed by atoms with Crippen molar-refractivity contribution in [3.63, 3.8) is 0 Å². The van der Waals surface area contributed by atoms with Gasteiger partial charge in [-0.1, -0.05) is 32.1 Å². The molecule has 0 aliphatic rings. The number of aromatic amines is 1. The van der Waals surface area contributed by atoms with E-state index in [0.717, 1.165) is 21.5 Å². The molecule has 2 amide bonds. The summed E-state index contributed by atoms with van der Waals surface area (Å²) in [4.78, 5) is 33.3. The largest absolute Gasteiger partial charge is 0.339 e. The van der Waals surface area contributed by atoms with Crippen LogP contribution in [0.15, 0.2) is 60.4 Å². The highest BCUT2D eigenvalue weighted by molar-refractivity contribution is 7.17. The summed E-state index contributed by atoms with van der Waals surface area (Å²) in [5.74, 6) is -0.111. The molecule has 0 bridgehead atoms. The summed E-state index contributed by atoms with van der Waals surface area (Å²) in [5.41, 5.74) is 2.61. The molecule has 3 heterocycles. The fourth-order valence-corrected chi connectivity index (χ4v) is 4.49. The minimum absolute atomic E-state index is 0.0904. The zero-order valence-corrected chi connectivity index (χ0v) is 20.5. The number of carbonyl (C=O) groups excluding carboxylic acids is 2. The molecule has 4 aromatic rings. The fourth-order valence-electron chi connectivity index (χ4n) is 3.61. The Morgan fingerprint density at radius 1 is 1.29 bits per heavy atom. The summed E-state index contributed by atoms with van der Waals surface area (Å²) in [6, 6.07) is 13.2. The number of hydrogen-bond donors (Lipinski definition) is 2. The molecule has 0 atom stereocenters. The van der Waals surface area contributed by atoms with Gasteiger partial charge in [0.25, 0.3) is 11.8 Å². The fraction of sp³-hybridized carbons (Fsp3) is 0.240. The molecule has 0 saturated heterocycles. The molecule has 0 fully saturated rings. The lowest BCUT2D eigenvalue weighted by molar-refractivity contribution is -0.125. The Balaban J connectivity index is 1.54. The number of para-hydroxylation sites is 2. The average molecular weight is 488 g/mol. The highest BCUT2D eigenvalue weighted by Crippen LogP contribution is 2.28. The van der Waals surface area contributed by atoms with E-state index in [1.807, 2.05) is 54.8 Å². The van der Waals surface area contributed by atoms with Gasteiger partial charge < -0.3 is 9.47 Å². The summed E-state index contributed by atoms with van der Waals surface area (Å²) in [6.07, 6.45) is 5.15. The summed E-state index contributed by atoms with van der Waals surface area (Å²) < 4.78 is 1.87. The summed E-state index contributed by atoms with van der Waals surface area (Å²) >= 11 is 1.36. The van der Waals surface area contributed by atoms with E-state index in [-0.39, 0.29) is 23.3 Å². The number of rotatable bonds is 8. The third kappa shape index (κ3) is 5.31. The van der Waals surface area contributed by atoms with Crippen LogP contribution in [0.1, 0.15) is 23.5 Å². The number of H-pyrrole nitrogens is 1. The molecular weight excluding hydrogens is 462 g/mol. The van der Waals surface area contributed by atoms with E-state index in [2.05, 4.69) is 20.5 Å². The molecular formula is C25H25N7O2S. The Hall–Kier alpha value is -4.23. The number of fused-ring (bicyclic) bond motifs is 1. The first-order valence-electron chi connectivity index (χ1n) is 11.1. The number of hydrogen-bond acceptors (Lipinski definition) is 6. The second kappa shape index (κ2) is 10.4. The van der Waals surface area contributed by atoms with Gasteiger partial charge in [-0.25, -0.2) is 4.98 Å². The van der Waals surface area contributed by atoms with Gasteiger partial charge in [-0.05, 0) is 30.2 Å². The topological polar surface area (TPSA) is 120 Å². The number of anilines is 1. The van der Waals surface area contributed by atoms with Crippen molar-refractivity contribution in [3.8, 4) is 16.5 Å². The van der Waals surface area contributed by atoms with Crippen LogP contribution in [0.5, 0.6) is 0 Å². The third-order valence-electron chi connectivity index (χ3n) is 5.35. The summed E-state index contributed by atoms with van der Waals surface area (Å²) in [5, 5.41) is 19.0. The monoisotopic (exact) mass is 487 g/mol. The van der Waals surface area contributed by atoms with Crippen molar-refractivity contribution in [1.82, 2.24) is 24.6 Å². The minimum Gasteiger partial charge on any atom is -0.339 e. The number of thiophene rings is 1. The van der Waals surface area contributed by atoms with Crippen LogP contribution < -0.4 is 5.32 Å². The van der Waals surface area contributed by atoms with Crippen molar-refractivity contribution < 1.29 is 9.59 Å². The molecule has 4 rings (SSSR count). The molecule has 0 aliphatic carbocycles. The quantitative estimate of drug-likeness (QED) is 0.284. The van der Waals surface area contributed by atoms with Crippen LogP contribution >= 0.6 is 11.3 Å². The van der Waals surface area contributed by atoms with Gasteiger partial charge in [0.05, 0.1) is 22.1 Å². The molecule has 9 nitrogen and oxygen atoms in total. The number of benzene rings is 1. The zero-order valence-electron chi connectivity index (χ0n) is 19.6. The standard InChI is InChI=1S/C25H25N7O2S/c1-16(2)12-17(13-26)24(34)31(3)10-11-32-20-7-5-4-6-19(20)29-25(32)30-23(33)22-9-8-21(35-22)18-14-27-28-15-18/h4-9,12,14-16H,10-11H2,1-3H3,(H,27,28)(H,29,30,33). The van der Waals surface area contributed by atoms with Crippen LogP contribution in [-0.4, -0.2) is 50.1 Å². The van der Waals surface area contributed by atoms with E-state index in [4.69, 9.17) is 0 Å². The number of nitrogens with zero attached hydrogens (tertiary/aromatic N) is 5. The number of nitrogens with one attached hydrogen (secondary N) is 2. The van der Waals surface area contributed by atoms with Crippen LogP contribution in [0.2, 0.25) is 0 Å². The molecule has 3 aromatic heterocycles. The van der Waals surface area contributed by atoms with E-state index in [9.17, 15) is 14.9 Å². The van der Waals surface area contributed by atoms with E-state index in [0.29, 0.717) is 23.9 Å². The van der Waals surface area contributed by atoms with Gasteiger partial charge in [-0.15, -0.1) is 11.3 Å². The molecule has 0 spiro atoms. The van der Waals surface area contributed by atoms with Gasteiger partial charge in [0, 0.05) is 36.8 Å². The lowest BCUT2D eigenvalue weighted by Gasteiger charge is -2.18. The maximum Gasteiger partial charge on any atom is 0.268 e. The number of aromatic nitrogens is 4. The van der Waals surface area contributed by atoms with Gasteiger partial charge in [-0.3, -0.25) is 20.0 Å². The second-order valence-corrected chi connectivity index (χ2v) is 9.43. The Labute approximate surface area is 206 Å². The van der Waals surface area contributed by atoms with Gasteiger partial charge in [0.1, 0.15) is 11.6 Å². The van der Waals surface area contributed by atoms with Crippen molar-refractivity contribution >= 4 is 40.1 Å². The molecule has 0 unspecified atom stereocenters. The van der Waals surface area contributed by atoms with Crippen molar-refractivity contribution in [1.29, 1.82) is 5.26 Å². The van der Waals surface area contributed by atoms with E-state index in [1.54, 1.807) is 31.6 Å². The number of allylic oxidation sites excluding steroid dienone is 1. The number of imidazole rings is 1. The van der Waals surface area contributed by atoms with Gasteiger partial charge in [0.15, 0.2) is 0 Å². The smallest absolute Gasteiger partial charge is 0.268 e. The first-order chi connectivity index (χ1) is 16.9. The number of likely N-dealkylation sites (N-methyl/N-ethyl adjacent to an activating group) is 1. The molecule has 0 radical (unpaired) electrons. The Morgan fingerprint density at radius 2 is 2.09 bits per heavy atom. The van der Waals surface area contributed by atoms with Crippen LogP contribution in [0.4, 0.5) is 5.95 Å². The van der Waals surface area contributed by atoms with E-state index in [1.165, 1.54) is 16.2 Å². The maximum absolute atomic E-state index is 13.0. The first-order valence-corrected chi connectivity index (χ1v) is 11.9. The van der Waals surface area contributed by atoms with E-state index >= 15 is 0 Å². The number of amides is 2. The van der Waals surface area contributed by atoms with Crippen LogP contribution in [0.3, 0.4) is 0 Å². The third-order valence-corrected chi connectivity index (χ3v) is 6.48. The molecule has 2 N–H and O–H groups in total. The Morgan fingerprint density at radius 3 is 2.80 bits per heavy atom. The molecule has 0 aliphatic heterocycles. The molecule has 35 heavy (non-hydrogen) atoms. The second-order valence-electron chi connectivity index (χ2n) is 8.34. The van der Waals surface area contributed by atoms with Crippen molar-refractivity contribution in [2.24, 2.45) is 5.92 Å².